The number of hydrogen-bond donors (Lipinski definition) is 2. The Kier molecular flexibility index (Phi) is 4.78. The molecule has 3 aromatic rings. The molecule has 2 heterocycles. The molecule has 1 aliphatic rings. The van der Waals surface area contributed by atoms with Crippen LogP contribution in [0, 0.1) is 0 Å². The molecular weight excluding hydrogens is 340 g/mol. The fourth-order valence-corrected chi connectivity index (χ4v) is 3.48. The van der Waals surface area contributed by atoms with Crippen molar-refractivity contribution < 1.29 is 9.59 Å². The van der Waals surface area contributed by atoms with Gasteiger partial charge < -0.3 is 15.2 Å². The van der Waals surface area contributed by atoms with Crippen molar-refractivity contribution in [1.82, 2.24) is 15.2 Å². The molecule has 1 fully saturated rings. The van der Waals surface area contributed by atoms with Gasteiger partial charge in [-0.3, -0.25) is 9.69 Å². The van der Waals surface area contributed by atoms with Gasteiger partial charge in [0.1, 0.15) is 6.54 Å². The van der Waals surface area contributed by atoms with Crippen LogP contribution in [0.15, 0.2) is 60.8 Å². The summed E-state index contributed by atoms with van der Waals surface area (Å²) in [6.07, 6.45) is 2.73. The van der Waals surface area contributed by atoms with Crippen molar-refractivity contribution in [2.24, 2.45) is 0 Å². The third kappa shape index (κ3) is 3.65. The summed E-state index contributed by atoms with van der Waals surface area (Å²) < 4.78 is 0. The number of hydrogen-bond acceptors (Lipinski definition) is 2. The highest BCUT2D eigenvalue weighted by molar-refractivity contribution is 5.96. The van der Waals surface area contributed by atoms with Gasteiger partial charge in [0.25, 0.3) is 0 Å². The number of H-pyrrole nitrogens is 1. The number of nitrogens with zero attached hydrogens (tertiary/aromatic N) is 2. The highest BCUT2D eigenvalue weighted by atomic mass is 16.2. The van der Waals surface area contributed by atoms with Crippen molar-refractivity contribution in [1.29, 1.82) is 0 Å². The molecule has 2 aromatic carbocycles. The summed E-state index contributed by atoms with van der Waals surface area (Å²) in [5.41, 5.74) is 3.14. The zero-order valence-electron chi connectivity index (χ0n) is 15.0. The topological polar surface area (TPSA) is 68.4 Å². The molecule has 138 valence electrons. The van der Waals surface area contributed by atoms with Crippen LogP contribution in [0.1, 0.15) is 5.56 Å². The van der Waals surface area contributed by atoms with E-state index in [1.54, 1.807) is 9.80 Å². The lowest BCUT2D eigenvalue weighted by atomic mass is 10.1. The first-order valence-electron chi connectivity index (χ1n) is 9.15. The van der Waals surface area contributed by atoms with Gasteiger partial charge in [0.2, 0.25) is 5.91 Å². The van der Waals surface area contributed by atoms with Crippen LogP contribution in [0.3, 0.4) is 0 Å². The molecule has 1 aromatic heterocycles. The van der Waals surface area contributed by atoms with Crippen LogP contribution >= 0.6 is 0 Å². The highest BCUT2D eigenvalue weighted by Crippen LogP contribution is 2.20. The summed E-state index contributed by atoms with van der Waals surface area (Å²) in [5, 5.41) is 4.10. The van der Waals surface area contributed by atoms with E-state index in [1.165, 1.54) is 10.9 Å². The van der Waals surface area contributed by atoms with E-state index in [0.717, 1.165) is 17.6 Å². The molecular formula is C21H22N4O2. The van der Waals surface area contributed by atoms with Crippen LogP contribution in [0.4, 0.5) is 10.5 Å². The first-order valence-corrected chi connectivity index (χ1v) is 9.15. The first kappa shape index (κ1) is 17.1. The number of anilines is 1. The van der Waals surface area contributed by atoms with Gasteiger partial charge in [-0.2, -0.15) is 0 Å². The molecule has 0 atom stereocenters. The molecule has 1 aliphatic heterocycles. The summed E-state index contributed by atoms with van der Waals surface area (Å²) in [6, 6.07) is 17.5. The van der Waals surface area contributed by atoms with Gasteiger partial charge in [-0.15, -0.1) is 0 Å². The Balaban J connectivity index is 1.28. The Labute approximate surface area is 157 Å². The third-order valence-corrected chi connectivity index (χ3v) is 4.89. The van der Waals surface area contributed by atoms with E-state index < -0.39 is 0 Å². The van der Waals surface area contributed by atoms with Crippen molar-refractivity contribution in [2.75, 3.05) is 31.1 Å². The number of benzene rings is 2. The number of nitrogens with one attached hydrogen (secondary N) is 2. The van der Waals surface area contributed by atoms with Crippen molar-refractivity contribution in [3.8, 4) is 0 Å². The molecule has 0 radical (unpaired) electrons. The molecule has 1 saturated heterocycles. The Morgan fingerprint density at radius 3 is 2.67 bits per heavy atom. The van der Waals surface area contributed by atoms with Crippen molar-refractivity contribution in [3.63, 3.8) is 0 Å². The van der Waals surface area contributed by atoms with E-state index in [0.29, 0.717) is 19.6 Å². The molecule has 0 aliphatic carbocycles. The number of urea groups is 1. The average molecular weight is 362 g/mol. The van der Waals surface area contributed by atoms with Crippen LogP contribution in [0.25, 0.3) is 10.9 Å². The number of rotatable bonds is 6. The van der Waals surface area contributed by atoms with Crippen molar-refractivity contribution in [2.45, 2.75) is 6.42 Å². The van der Waals surface area contributed by atoms with E-state index in [4.69, 9.17) is 0 Å². The second kappa shape index (κ2) is 7.53. The van der Waals surface area contributed by atoms with Crippen LogP contribution in [0.5, 0.6) is 0 Å². The second-order valence-corrected chi connectivity index (χ2v) is 6.65. The molecule has 6 heteroatoms. The maximum atomic E-state index is 12.5. The molecule has 3 amide bonds. The normalized spacial score (nSPS) is 14.1. The first-order chi connectivity index (χ1) is 13.2. The Hall–Kier alpha value is -3.28. The Bertz CT molecular complexity index is 951. The largest absolute Gasteiger partial charge is 0.361 e. The van der Waals surface area contributed by atoms with Crippen molar-refractivity contribution in [3.05, 3.63) is 66.4 Å². The lowest BCUT2D eigenvalue weighted by molar-refractivity contribution is -0.121. The monoisotopic (exact) mass is 362 g/mol. The van der Waals surface area contributed by atoms with E-state index in [2.05, 4.69) is 16.4 Å². The van der Waals surface area contributed by atoms with Gasteiger partial charge >= 0.3 is 6.03 Å². The molecule has 2 N–H and O–H groups in total. The van der Waals surface area contributed by atoms with Crippen LogP contribution < -0.4 is 10.2 Å². The van der Waals surface area contributed by atoms with E-state index in [-0.39, 0.29) is 18.5 Å². The molecule has 0 bridgehead atoms. The minimum Gasteiger partial charge on any atom is -0.361 e. The number of aromatic nitrogens is 1. The number of carbonyl (C=O) groups excluding carboxylic acids is 2. The summed E-state index contributed by atoms with van der Waals surface area (Å²) in [6.45, 7) is 1.80. The SMILES string of the molecule is O=C(CN1CCN(c2ccccc2)C1=O)NCCc1c[nH]c2ccccc12. The lowest BCUT2D eigenvalue weighted by Crippen LogP contribution is -2.40. The smallest absolute Gasteiger partial charge is 0.325 e. The minimum atomic E-state index is -0.127. The standard InChI is InChI=1S/C21H22N4O2/c26-20(22-11-10-16-14-23-19-9-5-4-8-18(16)19)15-24-12-13-25(21(24)27)17-6-2-1-3-7-17/h1-9,14,23H,10-13,15H2,(H,22,26). The zero-order valence-corrected chi connectivity index (χ0v) is 15.0. The number of carbonyl (C=O) groups is 2. The number of para-hydroxylation sites is 2. The quantitative estimate of drug-likeness (QED) is 0.708. The van der Waals surface area contributed by atoms with Gasteiger partial charge in [-0.25, -0.2) is 4.79 Å². The molecule has 0 spiro atoms. The van der Waals surface area contributed by atoms with Gasteiger partial charge in [-0.1, -0.05) is 36.4 Å². The second-order valence-electron chi connectivity index (χ2n) is 6.65. The third-order valence-electron chi connectivity index (χ3n) is 4.89. The van der Waals surface area contributed by atoms with Gasteiger partial charge in [0.05, 0.1) is 0 Å². The van der Waals surface area contributed by atoms with Crippen LogP contribution in [-0.4, -0.2) is 48.0 Å². The average Bonchev–Trinajstić information content (AvgIpc) is 3.27. The fourth-order valence-electron chi connectivity index (χ4n) is 3.48. The van der Waals surface area contributed by atoms with E-state index >= 15 is 0 Å². The van der Waals surface area contributed by atoms with Gasteiger partial charge in [-0.05, 0) is 30.2 Å². The van der Waals surface area contributed by atoms with Crippen LogP contribution in [-0.2, 0) is 11.2 Å². The Morgan fingerprint density at radius 1 is 1.04 bits per heavy atom. The summed E-state index contributed by atoms with van der Waals surface area (Å²) in [4.78, 5) is 31.3. The van der Waals surface area contributed by atoms with E-state index in [1.807, 2.05) is 54.7 Å². The number of fused-ring (bicyclic) bond motifs is 1. The summed E-state index contributed by atoms with van der Waals surface area (Å²) in [5.74, 6) is -0.127. The van der Waals surface area contributed by atoms with Gasteiger partial charge in [0, 0.05) is 42.4 Å². The summed E-state index contributed by atoms with van der Waals surface area (Å²) in [7, 11) is 0. The molecule has 0 saturated carbocycles. The fraction of sp³-hybridized carbons (Fsp3) is 0.238. The number of amides is 3. The molecule has 27 heavy (non-hydrogen) atoms. The zero-order chi connectivity index (χ0) is 18.6. The maximum Gasteiger partial charge on any atom is 0.325 e. The maximum absolute atomic E-state index is 12.5. The minimum absolute atomic E-state index is 0.0933. The predicted molar refractivity (Wildman–Crippen MR) is 106 cm³/mol. The van der Waals surface area contributed by atoms with E-state index in [9.17, 15) is 9.59 Å². The molecule has 6 nitrogen and oxygen atoms in total. The van der Waals surface area contributed by atoms with Gasteiger partial charge in [0.15, 0.2) is 0 Å². The van der Waals surface area contributed by atoms with Crippen LogP contribution in [0.2, 0.25) is 0 Å². The Morgan fingerprint density at radius 2 is 1.81 bits per heavy atom. The number of aromatic amines is 1. The summed E-state index contributed by atoms with van der Waals surface area (Å²) >= 11 is 0. The molecule has 4 rings (SSSR count). The van der Waals surface area contributed by atoms with Crippen molar-refractivity contribution >= 4 is 28.5 Å². The molecule has 0 unspecified atom stereocenters. The lowest BCUT2D eigenvalue weighted by Gasteiger charge is -2.18. The highest BCUT2D eigenvalue weighted by Gasteiger charge is 2.30. The predicted octanol–water partition coefficient (Wildman–Crippen LogP) is 2.77.